The molecular weight excluding hydrogens is 210 g/mol. The molecule has 3 nitrogen and oxygen atoms in total. The van der Waals surface area contributed by atoms with E-state index >= 15 is 0 Å². The first kappa shape index (κ1) is 12.6. The van der Waals surface area contributed by atoms with Gasteiger partial charge in [0.15, 0.2) is 0 Å². The lowest BCUT2D eigenvalue weighted by Crippen LogP contribution is -2.39. The van der Waals surface area contributed by atoms with E-state index in [0.717, 1.165) is 24.8 Å². The second-order valence-corrected chi connectivity index (χ2v) is 5.39. The number of nitrogens with one attached hydrogen (secondary N) is 1. The van der Waals surface area contributed by atoms with Gasteiger partial charge in [0.25, 0.3) is 0 Å². The van der Waals surface area contributed by atoms with E-state index in [4.69, 9.17) is 0 Å². The molecule has 3 atom stereocenters. The van der Waals surface area contributed by atoms with Crippen molar-refractivity contribution >= 4 is 0 Å². The maximum absolute atomic E-state index is 4.46. The molecule has 0 bridgehead atoms. The highest BCUT2D eigenvalue weighted by atomic mass is 15.0. The first-order valence-electron chi connectivity index (χ1n) is 6.92. The fraction of sp³-hybridized carbons (Fsp3) is 0.786. The van der Waals surface area contributed by atoms with Crippen LogP contribution < -0.4 is 5.32 Å². The Kier molecular flexibility index (Phi) is 4.21. The molecule has 0 radical (unpaired) electrons. The highest BCUT2D eigenvalue weighted by Crippen LogP contribution is 2.34. The van der Waals surface area contributed by atoms with E-state index < -0.39 is 0 Å². The predicted molar refractivity (Wildman–Crippen MR) is 70.9 cm³/mol. The second-order valence-electron chi connectivity index (χ2n) is 5.39. The van der Waals surface area contributed by atoms with Crippen molar-refractivity contribution in [1.29, 1.82) is 0 Å². The summed E-state index contributed by atoms with van der Waals surface area (Å²) in [6.07, 6.45) is 9.17. The van der Waals surface area contributed by atoms with Crippen LogP contribution in [0.5, 0.6) is 0 Å². The Balaban J connectivity index is 2.04. The standard InChI is InChI=1S/C14H25N3/c1-4-15-13(12-7-5-6-11(12)2)10-14-16-8-9-17(14)3/h8-9,11-13,15H,4-7,10H2,1-3H3. The SMILES string of the molecule is CCNC(Cc1nccn1C)C1CCCC1C. The summed E-state index contributed by atoms with van der Waals surface area (Å²) in [5.74, 6) is 2.89. The van der Waals surface area contributed by atoms with Crippen LogP contribution in [0.15, 0.2) is 12.4 Å². The third kappa shape index (κ3) is 2.89. The Hall–Kier alpha value is -0.830. The molecule has 1 N–H and O–H groups in total. The zero-order chi connectivity index (χ0) is 12.3. The van der Waals surface area contributed by atoms with Crippen molar-refractivity contribution in [3.05, 3.63) is 18.2 Å². The van der Waals surface area contributed by atoms with Gasteiger partial charge in [-0.05, 0) is 24.8 Å². The van der Waals surface area contributed by atoms with E-state index in [2.05, 4.69) is 35.8 Å². The first-order valence-corrected chi connectivity index (χ1v) is 6.92. The minimum atomic E-state index is 0.596. The van der Waals surface area contributed by atoms with Gasteiger partial charge < -0.3 is 9.88 Å². The zero-order valence-electron chi connectivity index (χ0n) is 11.3. The molecule has 0 spiro atoms. The Morgan fingerprint density at radius 1 is 1.53 bits per heavy atom. The Morgan fingerprint density at radius 3 is 2.88 bits per heavy atom. The summed E-state index contributed by atoms with van der Waals surface area (Å²) in [5, 5.41) is 3.67. The molecule has 3 heteroatoms. The van der Waals surface area contributed by atoms with Crippen molar-refractivity contribution in [2.24, 2.45) is 18.9 Å². The van der Waals surface area contributed by atoms with Crippen molar-refractivity contribution in [3.63, 3.8) is 0 Å². The highest BCUT2D eigenvalue weighted by molar-refractivity contribution is 4.97. The van der Waals surface area contributed by atoms with Gasteiger partial charge in [0.05, 0.1) is 0 Å². The lowest BCUT2D eigenvalue weighted by molar-refractivity contribution is 0.294. The van der Waals surface area contributed by atoms with Crippen molar-refractivity contribution in [2.45, 2.75) is 45.6 Å². The fourth-order valence-electron chi connectivity index (χ4n) is 3.20. The normalized spacial score (nSPS) is 26.3. The van der Waals surface area contributed by atoms with Gasteiger partial charge in [-0.2, -0.15) is 0 Å². The number of nitrogens with zero attached hydrogens (tertiary/aromatic N) is 2. The Bertz CT molecular complexity index is 345. The number of rotatable bonds is 5. The van der Waals surface area contributed by atoms with Crippen molar-refractivity contribution in [2.75, 3.05) is 6.54 Å². The molecule has 96 valence electrons. The van der Waals surface area contributed by atoms with E-state index in [1.165, 1.54) is 25.1 Å². The van der Waals surface area contributed by atoms with E-state index in [0.29, 0.717) is 6.04 Å². The molecule has 1 aromatic rings. The lowest BCUT2D eigenvalue weighted by Gasteiger charge is -2.27. The second kappa shape index (κ2) is 5.67. The van der Waals surface area contributed by atoms with Gasteiger partial charge in [0.2, 0.25) is 0 Å². The monoisotopic (exact) mass is 235 g/mol. The number of hydrogen-bond acceptors (Lipinski definition) is 2. The minimum absolute atomic E-state index is 0.596. The Morgan fingerprint density at radius 2 is 2.35 bits per heavy atom. The predicted octanol–water partition coefficient (Wildman–Crippen LogP) is 2.38. The summed E-state index contributed by atoms with van der Waals surface area (Å²) >= 11 is 0. The average molecular weight is 235 g/mol. The molecule has 3 unspecified atom stereocenters. The number of aryl methyl sites for hydroxylation is 1. The summed E-state index contributed by atoms with van der Waals surface area (Å²) in [6.45, 7) is 5.66. The quantitative estimate of drug-likeness (QED) is 0.849. The van der Waals surface area contributed by atoms with Crippen LogP contribution in [0.25, 0.3) is 0 Å². The molecule has 1 aliphatic rings. The minimum Gasteiger partial charge on any atom is -0.338 e. The van der Waals surface area contributed by atoms with Crippen LogP contribution in [-0.2, 0) is 13.5 Å². The molecule has 1 aliphatic carbocycles. The van der Waals surface area contributed by atoms with Crippen LogP contribution in [-0.4, -0.2) is 22.1 Å². The molecule has 1 aromatic heterocycles. The number of imidazole rings is 1. The maximum atomic E-state index is 4.46. The summed E-state index contributed by atoms with van der Waals surface area (Å²) < 4.78 is 2.14. The van der Waals surface area contributed by atoms with Gasteiger partial charge in [-0.25, -0.2) is 4.98 Å². The maximum Gasteiger partial charge on any atom is 0.109 e. The molecule has 0 aromatic carbocycles. The number of likely N-dealkylation sites (N-methyl/N-ethyl adjacent to an activating group) is 1. The van der Waals surface area contributed by atoms with E-state index in [1.807, 2.05) is 12.4 Å². The van der Waals surface area contributed by atoms with Crippen molar-refractivity contribution in [3.8, 4) is 0 Å². The number of hydrogen-bond donors (Lipinski definition) is 1. The van der Waals surface area contributed by atoms with Crippen molar-refractivity contribution < 1.29 is 0 Å². The van der Waals surface area contributed by atoms with Gasteiger partial charge in [0, 0.05) is 31.9 Å². The van der Waals surface area contributed by atoms with E-state index in [-0.39, 0.29) is 0 Å². The molecule has 1 fully saturated rings. The van der Waals surface area contributed by atoms with Crippen LogP contribution in [0.1, 0.15) is 38.9 Å². The zero-order valence-corrected chi connectivity index (χ0v) is 11.3. The van der Waals surface area contributed by atoms with Crippen LogP contribution in [0.2, 0.25) is 0 Å². The Labute approximate surface area is 105 Å². The van der Waals surface area contributed by atoms with E-state index in [9.17, 15) is 0 Å². The van der Waals surface area contributed by atoms with Crippen LogP contribution in [0, 0.1) is 11.8 Å². The first-order chi connectivity index (χ1) is 8.22. The molecule has 0 amide bonds. The third-order valence-electron chi connectivity index (χ3n) is 4.23. The lowest BCUT2D eigenvalue weighted by atomic mass is 9.88. The van der Waals surface area contributed by atoms with Crippen LogP contribution >= 0.6 is 0 Å². The molecular formula is C14H25N3. The highest BCUT2D eigenvalue weighted by Gasteiger charge is 2.30. The van der Waals surface area contributed by atoms with Gasteiger partial charge in [0.1, 0.15) is 5.82 Å². The largest absolute Gasteiger partial charge is 0.338 e. The topological polar surface area (TPSA) is 29.9 Å². The smallest absolute Gasteiger partial charge is 0.109 e. The number of aromatic nitrogens is 2. The molecule has 0 saturated heterocycles. The van der Waals surface area contributed by atoms with Gasteiger partial charge in [-0.3, -0.25) is 0 Å². The molecule has 1 saturated carbocycles. The van der Waals surface area contributed by atoms with Crippen LogP contribution in [0.3, 0.4) is 0 Å². The summed E-state index contributed by atoms with van der Waals surface area (Å²) in [4.78, 5) is 4.46. The average Bonchev–Trinajstić information content (AvgIpc) is 2.88. The molecule has 1 heterocycles. The van der Waals surface area contributed by atoms with Gasteiger partial charge in [-0.1, -0.05) is 26.7 Å². The fourth-order valence-corrected chi connectivity index (χ4v) is 3.20. The summed E-state index contributed by atoms with van der Waals surface area (Å²) in [5.41, 5.74) is 0. The molecule has 17 heavy (non-hydrogen) atoms. The summed E-state index contributed by atoms with van der Waals surface area (Å²) in [7, 11) is 2.09. The molecule has 2 rings (SSSR count). The van der Waals surface area contributed by atoms with Crippen molar-refractivity contribution in [1.82, 2.24) is 14.9 Å². The van der Waals surface area contributed by atoms with E-state index in [1.54, 1.807) is 0 Å². The summed E-state index contributed by atoms with van der Waals surface area (Å²) in [6, 6.07) is 0.596. The third-order valence-corrected chi connectivity index (χ3v) is 4.23. The van der Waals surface area contributed by atoms with Crippen LogP contribution in [0.4, 0.5) is 0 Å². The van der Waals surface area contributed by atoms with Gasteiger partial charge in [-0.15, -0.1) is 0 Å². The van der Waals surface area contributed by atoms with Gasteiger partial charge >= 0.3 is 0 Å². The molecule has 0 aliphatic heterocycles.